The van der Waals surface area contributed by atoms with E-state index in [1.807, 2.05) is 18.2 Å². The Labute approximate surface area is 200 Å². The van der Waals surface area contributed by atoms with E-state index < -0.39 is 10.2 Å². The van der Waals surface area contributed by atoms with Crippen LogP contribution in [0.1, 0.15) is 36.8 Å². The van der Waals surface area contributed by atoms with Crippen molar-refractivity contribution in [3.05, 3.63) is 47.7 Å². The molecule has 0 saturated carbocycles. The molecule has 0 amide bonds. The van der Waals surface area contributed by atoms with Gasteiger partial charge in [0.1, 0.15) is 18.2 Å². The molecule has 4 rings (SSSR count). The molecule has 1 aliphatic carbocycles. The van der Waals surface area contributed by atoms with Crippen molar-refractivity contribution in [2.45, 2.75) is 32.1 Å². The van der Waals surface area contributed by atoms with Gasteiger partial charge >= 0.3 is 10.2 Å². The molecule has 2 aromatic rings. The number of nitrogens with zero attached hydrogens (tertiary/aromatic N) is 4. The molecular formula is C23H31N5O5S. The summed E-state index contributed by atoms with van der Waals surface area (Å²) in [6, 6.07) is 9.21. The van der Waals surface area contributed by atoms with Gasteiger partial charge in [-0.25, -0.2) is 4.98 Å². The van der Waals surface area contributed by atoms with Crippen LogP contribution in [-0.4, -0.2) is 68.0 Å². The molecule has 1 aromatic heterocycles. The smallest absolute Gasteiger partial charge is 0.304 e. The Bertz CT molecular complexity index is 1120. The first-order chi connectivity index (χ1) is 16.5. The number of oxime groups is 1. The third-order valence-corrected chi connectivity index (χ3v) is 7.87. The molecule has 1 aromatic carbocycles. The number of hydrogen-bond donors (Lipinski definition) is 2. The maximum Gasteiger partial charge on any atom is 0.304 e. The fourth-order valence-electron chi connectivity index (χ4n) is 4.21. The van der Waals surface area contributed by atoms with E-state index in [2.05, 4.69) is 10.1 Å². The van der Waals surface area contributed by atoms with E-state index in [4.69, 9.17) is 20.4 Å². The number of nitrogens with two attached hydrogens (primary N) is 1. The number of fused-ring (bicyclic) bond motifs is 1. The molecule has 34 heavy (non-hydrogen) atoms. The Morgan fingerprint density at radius 3 is 2.79 bits per heavy atom. The predicted octanol–water partition coefficient (Wildman–Crippen LogP) is 1.94. The van der Waals surface area contributed by atoms with Crippen LogP contribution in [0.4, 0.5) is 11.5 Å². The molecule has 0 unspecified atom stereocenters. The normalized spacial score (nSPS) is 18.4. The Kier molecular flexibility index (Phi) is 7.86. The van der Waals surface area contributed by atoms with Crippen molar-refractivity contribution in [2.75, 3.05) is 49.5 Å². The van der Waals surface area contributed by atoms with Gasteiger partial charge < -0.3 is 20.4 Å². The molecule has 1 fully saturated rings. The standard InChI is InChI=1S/C23H31N5O5S/c24-23-17-19(8-9-25-23)28-12-11-27(34(28,30)31)10-2-1-3-14-32-20-5-6-21-18(16-20)4-7-22(21)26-33-15-13-29/h5-6,8-9,16-17,29H,1-4,7,10-15H2,(H2,24,25)/b26-22+. The molecule has 2 aliphatic rings. The van der Waals surface area contributed by atoms with E-state index in [-0.39, 0.29) is 13.2 Å². The zero-order valence-corrected chi connectivity index (χ0v) is 19.9. The van der Waals surface area contributed by atoms with Gasteiger partial charge in [0.25, 0.3) is 0 Å². The number of rotatable bonds is 11. The number of pyridine rings is 1. The summed E-state index contributed by atoms with van der Waals surface area (Å²) in [5, 5.41) is 12.9. The molecule has 3 N–H and O–H groups in total. The quantitative estimate of drug-likeness (QED) is 0.364. The number of aryl methyl sites for hydroxylation is 1. The number of aliphatic hydroxyl groups excluding tert-OH is 1. The molecule has 0 spiro atoms. The zero-order valence-electron chi connectivity index (χ0n) is 19.1. The van der Waals surface area contributed by atoms with Crippen LogP contribution in [0.15, 0.2) is 41.7 Å². The lowest BCUT2D eigenvalue weighted by Crippen LogP contribution is -2.33. The Hall–Kier alpha value is -2.89. The maximum atomic E-state index is 12.8. The molecule has 1 aliphatic heterocycles. The van der Waals surface area contributed by atoms with Crippen molar-refractivity contribution < 1.29 is 23.1 Å². The van der Waals surface area contributed by atoms with Gasteiger partial charge in [-0.15, -0.1) is 0 Å². The largest absolute Gasteiger partial charge is 0.494 e. The van der Waals surface area contributed by atoms with Crippen molar-refractivity contribution in [1.82, 2.24) is 9.29 Å². The second-order valence-electron chi connectivity index (χ2n) is 8.24. The minimum absolute atomic E-state index is 0.0517. The van der Waals surface area contributed by atoms with Gasteiger partial charge in [0.15, 0.2) is 0 Å². The number of nitrogen functional groups attached to an aromatic ring is 1. The Morgan fingerprint density at radius 2 is 1.97 bits per heavy atom. The topological polar surface area (TPSA) is 131 Å². The van der Waals surface area contributed by atoms with Crippen LogP contribution < -0.4 is 14.8 Å². The molecule has 0 bridgehead atoms. The summed E-state index contributed by atoms with van der Waals surface area (Å²) in [5.41, 5.74) is 9.40. The summed E-state index contributed by atoms with van der Waals surface area (Å²) in [7, 11) is -3.53. The lowest BCUT2D eigenvalue weighted by atomic mass is 10.1. The average Bonchev–Trinajstić information content (AvgIpc) is 3.35. The molecule has 1 saturated heterocycles. The average molecular weight is 490 g/mol. The highest BCUT2D eigenvalue weighted by Crippen LogP contribution is 2.28. The van der Waals surface area contributed by atoms with E-state index >= 15 is 0 Å². The van der Waals surface area contributed by atoms with E-state index in [1.165, 1.54) is 20.4 Å². The zero-order chi connectivity index (χ0) is 24.0. The van der Waals surface area contributed by atoms with E-state index in [9.17, 15) is 8.42 Å². The molecule has 184 valence electrons. The maximum absolute atomic E-state index is 12.8. The van der Waals surface area contributed by atoms with Gasteiger partial charge in [-0.2, -0.15) is 12.7 Å². The van der Waals surface area contributed by atoms with Crippen LogP contribution in [0, 0.1) is 0 Å². The fraction of sp³-hybridized carbons (Fsp3) is 0.478. The lowest BCUT2D eigenvalue weighted by Gasteiger charge is -2.20. The van der Waals surface area contributed by atoms with E-state index in [0.29, 0.717) is 37.7 Å². The minimum Gasteiger partial charge on any atom is -0.494 e. The van der Waals surface area contributed by atoms with Crippen LogP contribution >= 0.6 is 0 Å². The first-order valence-corrected chi connectivity index (χ1v) is 12.9. The molecule has 2 heterocycles. The van der Waals surface area contributed by atoms with Gasteiger partial charge in [-0.1, -0.05) is 5.16 Å². The predicted molar refractivity (Wildman–Crippen MR) is 130 cm³/mol. The molecular weight excluding hydrogens is 458 g/mol. The van der Waals surface area contributed by atoms with Crippen molar-refractivity contribution in [3.8, 4) is 5.75 Å². The fourth-order valence-corrected chi connectivity index (χ4v) is 5.85. The first-order valence-electron chi connectivity index (χ1n) is 11.5. The third-order valence-electron chi connectivity index (χ3n) is 5.91. The SMILES string of the molecule is Nc1cc(N2CCN(CCCCCOc3ccc4c(c3)CC/C4=N\OCCO)S2(=O)=O)ccn1. The summed E-state index contributed by atoms with van der Waals surface area (Å²) < 4.78 is 34.5. The highest BCUT2D eigenvalue weighted by molar-refractivity contribution is 7.90. The van der Waals surface area contributed by atoms with Gasteiger partial charge in [0, 0.05) is 37.5 Å². The summed E-state index contributed by atoms with van der Waals surface area (Å²) in [6.07, 6.45) is 5.71. The molecule has 0 atom stereocenters. The van der Waals surface area contributed by atoms with E-state index in [0.717, 1.165) is 49.1 Å². The minimum atomic E-state index is -3.53. The first kappa shape index (κ1) is 24.2. The number of aromatic nitrogens is 1. The van der Waals surface area contributed by atoms with Crippen LogP contribution in [0.25, 0.3) is 0 Å². The number of ether oxygens (including phenoxy) is 1. The van der Waals surface area contributed by atoms with E-state index in [1.54, 1.807) is 12.1 Å². The number of benzene rings is 1. The van der Waals surface area contributed by atoms with Crippen molar-refractivity contribution >= 4 is 27.4 Å². The Morgan fingerprint density at radius 1 is 1.09 bits per heavy atom. The number of unbranched alkanes of at least 4 members (excludes halogenated alkanes) is 2. The summed E-state index contributed by atoms with van der Waals surface area (Å²) in [5.74, 6) is 1.13. The number of anilines is 2. The van der Waals surface area contributed by atoms with Gasteiger partial charge in [-0.3, -0.25) is 4.31 Å². The summed E-state index contributed by atoms with van der Waals surface area (Å²) >= 11 is 0. The molecule has 0 radical (unpaired) electrons. The molecule has 10 nitrogen and oxygen atoms in total. The van der Waals surface area contributed by atoms with Crippen molar-refractivity contribution in [3.63, 3.8) is 0 Å². The van der Waals surface area contributed by atoms with Crippen molar-refractivity contribution in [2.24, 2.45) is 5.16 Å². The van der Waals surface area contributed by atoms with Gasteiger partial charge in [-0.05, 0) is 61.9 Å². The highest BCUT2D eigenvalue weighted by Gasteiger charge is 2.36. The van der Waals surface area contributed by atoms with Gasteiger partial charge in [0.2, 0.25) is 0 Å². The highest BCUT2D eigenvalue weighted by atomic mass is 32.2. The summed E-state index contributed by atoms with van der Waals surface area (Å²) in [6.45, 7) is 2.08. The Balaban J connectivity index is 1.19. The second kappa shape index (κ2) is 11.0. The van der Waals surface area contributed by atoms with Crippen LogP contribution in [0.3, 0.4) is 0 Å². The number of hydrogen-bond acceptors (Lipinski definition) is 8. The summed E-state index contributed by atoms with van der Waals surface area (Å²) in [4.78, 5) is 9.02. The van der Waals surface area contributed by atoms with Crippen LogP contribution in [0.5, 0.6) is 5.75 Å². The van der Waals surface area contributed by atoms with Crippen LogP contribution in [0.2, 0.25) is 0 Å². The molecule has 11 heteroatoms. The van der Waals surface area contributed by atoms with Crippen LogP contribution in [-0.2, 0) is 21.5 Å². The second-order valence-corrected chi connectivity index (χ2v) is 10.1. The van der Waals surface area contributed by atoms with Gasteiger partial charge in [0.05, 0.1) is 24.6 Å². The third kappa shape index (κ3) is 5.60. The number of aliphatic hydroxyl groups is 1. The lowest BCUT2D eigenvalue weighted by molar-refractivity contribution is 0.0984. The van der Waals surface area contributed by atoms with Crippen molar-refractivity contribution in [1.29, 1.82) is 0 Å². The monoisotopic (exact) mass is 489 g/mol.